The van der Waals surface area contributed by atoms with Crippen molar-refractivity contribution in [2.45, 2.75) is 25.0 Å². The van der Waals surface area contributed by atoms with Crippen molar-refractivity contribution in [3.05, 3.63) is 63.9 Å². The van der Waals surface area contributed by atoms with Crippen LogP contribution in [0.2, 0.25) is 0 Å². The molecule has 0 amide bonds. The highest BCUT2D eigenvalue weighted by Gasteiger charge is 2.27. The summed E-state index contributed by atoms with van der Waals surface area (Å²) in [4.78, 5) is 4.13. The van der Waals surface area contributed by atoms with Crippen molar-refractivity contribution in [1.29, 1.82) is 0 Å². The van der Waals surface area contributed by atoms with Crippen LogP contribution >= 0.6 is 15.9 Å². The number of ether oxygens (including phenoxy) is 1. The Morgan fingerprint density at radius 2 is 2.20 bits per heavy atom. The van der Waals surface area contributed by atoms with Crippen LogP contribution in [0.3, 0.4) is 0 Å². The molecular weight excluding hydrogens is 318 g/mol. The zero-order chi connectivity index (χ0) is 13.9. The van der Waals surface area contributed by atoms with Crippen molar-refractivity contribution < 1.29 is 9.84 Å². The van der Waals surface area contributed by atoms with Gasteiger partial charge in [0.25, 0.3) is 0 Å². The number of aliphatic hydroxyl groups is 1. The molecule has 2 atom stereocenters. The zero-order valence-electron chi connectivity index (χ0n) is 11.0. The van der Waals surface area contributed by atoms with Crippen LogP contribution in [0, 0.1) is 0 Å². The predicted molar refractivity (Wildman–Crippen MR) is 80.5 cm³/mol. The van der Waals surface area contributed by atoms with Crippen LogP contribution < -0.4 is 0 Å². The average Bonchev–Trinajstić information content (AvgIpc) is 2.46. The molecule has 104 valence electrons. The fourth-order valence-corrected chi connectivity index (χ4v) is 3.07. The number of hydrogen-bond acceptors (Lipinski definition) is 3. The quantitative estimate of drug-likeness (QED) is 0.938. The van der Waals surface area contributed by atoms with E-state index in [1.807, 2.05) is 24.3 Å². The topological polar surface area (TPSA) is 42.4 Å². The molecule has 0 fully saturated rings. The highest BCUT2D eigenvalue weighted by atomic mass is 79.9. The van der Waals surface area contributed by atoms with E-state index in [0.717, 1.165) is 22.0 Å². The number of halogens is 1. The third-order valence-corrected chi connectivity index (χ3v) is 4.02. The Hall–Kier alpha value is -1.23. The zero-order valence-corrected chi connectivity index (χ0v) is 12.6. The molecule has 1 N–H and O–H groups in total. The first-order chi connectivity index (χ1) is 9.74. The Bertz CT molecular complexity index is 603. The molecule has 4 heteroatoms. The maximum atomic E-state index is 10.5. The lowest BCUT2D eigenvalue weighted by Gasteiger charge is -2.29. The van der Waals surface area contributed by atoms with Gasteiger partial charge >= 0.3 is 0 Å². The summed E-state index contributed by atoms with van der Waals surface area (Å²) in [6, 6.07) is 10.2. The Balaban J connectivity index is 1.80. The van der Waals surface area contributed by atoms with Crippen LogP contribution in [0.5, 0.6) is 0 Å². The fraction of sp³-hybridized carbons (Fsp3) is 0.312. The lowest BCUT2D eigenvalue weighted by atomic mass is 9.92. The molecule has 0 spiro atoms. The monoisotopic (exact) mass is 333 g/mol. The lowest BCUT2D eigenvalue weighted by molar-refractivity contribution is -0.0461. The molecule has 3 rings (SSSR count). The van der Waals surface area contributed by atoms with Gasteiger partial charge in [-0.2, -0.15) is 0 Å². The number of aliphatic hydroxyl groups excluding tert-OH is 1. The van der Waals surface area contributed by atoms with Crippen molar-refractivity contribution in [2.24, 2.45) is 0 Å². The molecule has 1 aliphatic heterocycles. The van der Waals surface area contributed by atoms with Crippen molar-refractivity contribution in [2.75, 3.05) is 6.61 Å². The summed E-state index contributed by atoms with van der Waals surface area (Å²) in [5, 5.41) is 10.5. The van der Waals surface area contributed by atoms with Gasteiger partial charge in [0, 0.05) is 23.3 Å². The molecular formula is C16H16BrNO2. The van der Waals surface area contributed by atoms with Gasteiger partial charge in [-0.05, 0) is 45.1 Å². The van der Waals surface area contributed by atoms with E-state index < -0.39 is 6.10 Å². The normalized spacial score (nSPS) is 19.4. The van der Waals surface area contributed by atoms with Crippen molar-refractivity contribution in [3.8, 4) is 0 Å². The molecule has 1 aliphatic rings. The summed E-state index contributed by atoms with van der Waals surface area (Å²) in [5.74, 6) is 0. The SMILES string of the molecule is OC(Cc1cncc(Br)c1)C1OCCc2ccccc21. The maximum absolute atomic E-state index is 10.5. The maximum Gasteiger partial charge on any atom is 0.109 e. The lowest BCUT2D eigenvalue weighted by Crippen LogP contribution is -2.28. The predicted octanol–water partition coefficient (Wildman–Crippen LogP) is 3.06. The van der Waals surface area contributed by atoms with Crippen LogP contribution in [0.25, 0.3) is 0 Å². The fourth-order valence-electron chi connectivity index (χ4n) is 2.66. The molecule has 0 saturated heterocycles. The Kier molecular flexibility index (Phi) is 4.15. The molecule has 0 bridgehead atoms. The van der Waals surface area contributed by atoms with Gasteiger partial charge < -0.3 is 9.84 Å². The standard InChI is InChI=1S/C16H16BrNO2/c17-13-7-11(9-18-10-13)8-15(19)16-14-4-2-1-3-12(14)5-6-20-16/h1-4,7,9-10,15-16,19H,5-6,8H2. The third-order valence-electron chi connectivity index (χ3n) is 3.59. The largest absolute Gasteiger partial charge is 0.390 e. The van der Waals surface area contributed by atoms with Crippen LogP contribution in [0.1, 0.15) is 22.8 Å². The highest BCUT2D eigenvalue weighted by molar-refractivity contribution is 9.10. The van der Waals surface area contributed by atoms with E-state index in [1.54, 1.807) is 12.4 Å². The molecule has 2 heterocycles. The van der Waals surface area contributed by atoms with Gasteiger partial charge in [-0.15, -0.1) is 0 Å². The van der Waals surface area contributed by atoms with Crippen LogP contribution in [0.4, 0.5) is 0 Å². The van der Waals surface area contributed by atoms with E-state index >= 15 is 0 Å². The Morgan fingerprint density at radius 1 is 1.35 bits per heavy atom. The Labute approximate surface area is 126 Å². The molecule has 20 heavy (non-hydrogen) atoms. The molecule has 0 saturated carbocycles. The van der Waals surface area contributed by atoms with E-state index in [9.17, 15) is 5.11 Å². The molecule has 3 nitrogen and oxygen atoms in total. The average molecular weight is 334 g/mol. The van der Waals surface area contributed by atoms with Crippen molar-refractivity contribution in [3.63, 3.8) is 0 Å². The first kappa shape index (κ1) is 13.7. The number of aromatic nitrogens is 1. The minimum atomic E-state index is -0.562. The first-order valence-corrected chi connectivity index (χ1v) is 7.50. The molecule has 0 radical (unpaired) electrons. The van der Waals surface area contributed by atoms with E-state index in [4.69, 9.17) is 4.74 Å². The minimum absolute atomic E-state index is 0.251. The van der Waals surface area contributed by atoms with Crippen LogP contribution in [-0.4, -0.2) is 22.8 Å². The summed E-state index contributed by atoms with van der Waals surface area (Å²) in [6.07, 6.45) is 4.15. The number of rotatable bonds is 3. The molecule has 2 unspecified atom stereocenters. The summed E-state index contributed by atoms with van der Waals surface area (Å²) < 4.78 is 6.71. The second-order valence-electron chi connectivity index (χ2n) is 5.02. The Morgan fingerprint density at radius 3 is 3.05 bits per heavy atom. The van der Waals surface area contributed by atoms with Gasteiger partial charge in [-0.25, -0.2) is 0 Å². The second-order valence-corrected chi connectivity index (χ2v) is 5.94. The van der Waals surface area contributed by atoms with Gasteiger partial charge in [-0.1, -0.05) is 24.3 Å². The van der Waals surface area contributed by atoms with Gasteiger partial charge in [0.05, 0.1) is 12.7 Å². The third kappa shape index (κ3) is 2.92. The number of fused-ring (bicyclic) bond motifs is 1. The summed E-state index contributed by atoms with van der Waals surface area (Å²) >= 11 is 3.40. The number of nitrogens with zero attached hydrogens (tertiary/aromatic N) is 1. The van der Waals surface area contributed by atoms with Gasteiger partial charge in [0.15, 0.2) is 0 Å². The van der Waals surface area contributed by atoms with Crippen LogP contribution in [0.15, 0.2) is 47.2 Å². The van der Waals surface area contributed by atoms with Gasteiger partial charge in [0.2, 0.25) is 0 Å². The summed E-state index contributed by atoms with van der Waals surface area (Å²) in [5.41, 5.74) is 3.38. The summed E-state index contributed by atoms with van der Waals surface area (Å²) in [7, 11) is 0. The van der Waals surface area contributed by atoms with Crippen LogP contribution in [-0.2, 0) is 17.6 Å². The molecule has 1 aromatic heterocycles. The number of hydrogen-bond donors (Lipinski definition) is 1. The van der Waals surface area contributed by atoms with E-state index in [-0.39, 0.29) is 6.10 Å². The molecule has 2 aromatic rings. The van der Waals surface area contributed by atoms with E-state index in [2.05, 4.69) is 27.0 Å². The number of benzene rings is 1. The van der Waals surface area contributed by atoms with Gasteiger partial charge in [-0.3, -0.25) is 4.98 Å². The second kappa shape index (κ2) is 6.04. The summed E-state index contributed by atoms with van der Waals surface area (Å²) in [6.45, 7) is 0.662. The van der Waals surface area contributed by atoms with Crippen molar-refractivity contribution in [1.82, 2.24) is 4.98 Å². The van der Waals surface area contributed by atoms with Crippen molar-refractivity contribution >= 4 is 15.9 Å². The van der Waals surface area contributed by atoms with E-state index in [1.165, 1.54) is 5.56 Å². The van der Waals surface area contributed by atoms with Gasteiger partial charge in [0.1, 0.15) is 6.10 Å². The number of pyridine rings is 1. The smallest absolute Gasteiger partial charge is 0.109 e. The highest BCUT2D eigenvalue weighted by Crippen LogP contribution is 2.31. The van der Waals surface area contributed by atoms with E-state index in [0.29, 0.717) is 13.0 Å². The molecule has 0 aliphatic carbocycles. The first-order valence-electron chi connectivity index (χ1n) is 6.71. The molecule has 1 aromatic carbocycles. The minimum Gasteiger partial charge on any atom is -0.390 e.